The van der Waals surface area contributed by atoms with Crippen LogP contribution in [0.1, 0.15) is 17.1 Å². The lowest BCUT2D eigenvalue weighted by Gasteiger charge is -2.05. The molecule has 0 saturated heterocycles. The van der Waals surface area contributed by atoms with Crippen LogP contribution < -0.4 is 5.32 Å². The molecule has 0 fully saturated rings. The summed E-state index contributed by atoms with van der Waals surface area (Å²) >= 11 is 0. The SMILES string of the molecule is Cc1cccnc1CNCc1ncccn1. The van der Waals surface area contributed by atoms with E-state index in [9.17, 15) is 0 Å². The van der Waals surface area contributed by atoms with Crippen LogP contribution in [0, 0.1) is 6.92 Å². The summed E-state index contributed by atoms with van der Waals surface area (Å²) in [5, 5.41) is 3.27. The molecule has 2 rings (SSSR count). The predicted molar refractivity (Wildman–Crippen MR) is 61.5 cm³/mol. The topological polar surface area (TPSA) is 50.7 Å². The molecule has 0 radical (unpaired) electrons. The van der Waals surface area contributed by atoms with E-state index in [1.807, 2.05) is 18.3 Å². The van der Waals surface area contributed by atoms with E-state index >= 15 is 0 Å². The first-order valence-corrected chi connectivity index (χ1v) is 5.23. The Bertz CT molecular complexity index is 442. The Kier molecular flexibility index (Phi) is 3.56. The Morgan fingerprint density at radius 1 is 1.00 bits per heavy atom. The second-order valence-corrected chi connectivity index (χ2v) is 3.54. The van der Waals surface area contributed by atoms with Gasteiger partial charge in [-0.1, -0.05) is 6.07 Å². The van der Waals surface area contributed by atoms with Gasteiger partial charge >= 0.3 is 0 Å². The first-order valence-electron chi connectivity index (χ1n) is 5.23. The van der Waals surface area contributed by atoms with Gasteiger partial charge in [0, 0.05) is 25.1 Å². The minimum atomic E-state index is 0.664. The maximum Gasteiger partial charge on any atom is 0.141 e. The van der Waals surface area contributed by atoms with Gasteiger partial charge in [0.25, 0.3) is 0 Å². The highest BCUT2D eigenvalue weighted by Crippen LogP contribution is 2.02. The number of hydrogen-bond acceptors (Lipinski definition) is 4. The molecule has 0 amide bonds. The van der Waals surface area contributed by atoms with E-state index in [0.717, 1.165) is 18.1 Å². The Morgan fingerprint density at radius 3 is 2.50 bits per heavy atom. The van der Waals surface area contributed by atoms with E-state index < -0.39 is 0 Å². The fourth-order valence-corrected chi connectivity index (χ4v) is 1.42. The van der Waals surface area contributed by atoms with Gasteiger partial charge < -0.3 is 5.32 Å². The minimum Gasteiger partial charge on any atom is -0.304 e. The van der Waals surface area contributed by atoms with Crippen LogP contribution >= 0.6 is 0 Å². The van der Waals surface area contributed by atoms with Crippen molar-refractivity contribution in [2.45, 2.75) is 20.0 Å². The molecule has 0 aromatic carbocycles. The summed E-state index contributed by atoms with van der Waals surface area (Å²) in [6.45, 7) is 3.46. The molecule has 0 atom stereocenters. The van der Waals surface area contributed by atoms with Crippen LogP contribution in [0.5, 0.6) is 0 Å². The molecule has 4 nitrogen and oxygen atoms in total. The molecule has 0 aliphatic carbocycles. The van der Waals surface area contributed by atoms with Crippen LogP contribution in [0.25, 0.3) is 0 Å². The van der Waals surface area contributed by atoms with E-state index in [1.165, 1.54) is 5.56 Å². The lowest BCUT2D eigenvalue weighted by atomic mass is 10.2. The number of rotatable bonds is 4. The molecule has 16 heavy (non-hydrogen) atoms. The fraction of sp³-hybridized carbons (Fsp3) is 0.250. The lowest BCUT2D eigenvalue weighted by Crippen LogP contribution is -2.16. The number of aryl methyl sites for hydroxylation is 1. The lowest BCUT2D eigenvalue weighted by molar-refractivity contribution is 0.649. The Labute approximate surface area is 94.8 Å². The zero-order chi connectivity index (χ0) is 11.2. The zero-order valence-electron chi connectivity index (χ0n) is 9.22. The normalized spacial score (nSPS) is 10.3. The molecule has 0 aliphatic heterocycles. The molecule has 0 bridgehead atoms. The average Bonchev–Trinajstić information content (AvgIpc) is 2.33. The quantitative estimate of drug-likeness (QED) is 0.837. The van der Waals surface area contributed by atoms with Gasteiger partial charge in [-0.2, -0.15) is 0 Å². The molecule has 2 heterocycles. The van der Waals surface area contributed by atoms with Crippen molar-refractivity contribution in [1.29, 1.82) is 0 Å². The number of pyridine rings is 1. The Balaban J connectivity index is 1.87. The summed E-state index contributed by atoms with van der Waals surface area (Å²) in [5.41, 5.74) is 2.27. The van der Waals surface area contributed by atoms with Crippen molar-refractivity contribution in [3.05, 3.63) is 53.9 Å². The predicted octanol–water partition coefficient (Wildman–Crippen LogP) is 1.47. The molecule has 1 N–H and O–H groups in total. The van der Waals surface area contributed by atoms with Crippen LogP contribution in [0.2, 0.25) is 0 Å². The van der Waals surface area contributed by atoms with Crippen molar-refractivity contribution in [1.82, 2.24) is 20.3 Å². The standard InChI is InChI=1S/C12H14N4/c1-10-4-2-5-14-11(10)8-13-9-12-15-6-3-7-16-12/h2-7,13H,8-9H2,1H3. The largest absolute Gasteiger partial charge is 0.304 e. The first kappa shape index (κ1) is 10.7. The number of hydrogen-bond donors (Lipinski definition) is 1. The summed E-state index contributed by atoms with van der Waals surface area (Å²) < 4.78 is 0. The van der Waals surface area contributed by atoms with Gasteiger partial charge in [-0.05, 0) is 24.6 Å². The average molecular weight is 214 g/mol. The van der Waals surface area contributed by atoms with Crippen LogP contribution in [-0.4, -0.2) is 15.0 Å². The van der Waals surface area contributed by atoms with Crippen LogP contribution in [0.15, 0.2) is 36.8 Å². The summed E-state index contributed by atoms with van der Waals surface area (Å²) in [7, 11) is 0. The highest BCUT2D eigenvalue weighted by atomic mass is 15.0. The summed E-state index contributed by atoms with van der Waals surface area (Å²) in [6.07, 6.45) is 5.30. The first-order chi connectivity index (χ1) is 7.86. The van der Waals surface area contributed by atoms with Crippen molar-refractivity contribution in [3.63, 3.8) is 0 Å². The second kappa shape index (κ2) is 5.32. The van der Waals surface area contributed by atoms with Crippen LogP contribution in [-0.2, 0) is 13.1 Å². The molecule has 4 heteroatoms. The fourth-order valence-electron chi connectivity index (χ4n) is 1.42. The molecular weight excluding hydrogens is 200 g/mol. The number of aromatic nitrogens is 3. The third kappa shape index (κ3) is 2.84. The van der Waals surface area contributed by atoms with E-state index in [1.54, 1.807) is 12.4 Å². The van der Waals surface area contributed by atoms with Gasteiger partial charge in [-0.3, -0.25) is 4.98 Å². The van der Waals surface area contributed by atoms with Crippen molar-refractivity contribution in [3.8, 4) is 0 Å². The van der Waals surface area contributed by atoms with Gasteiger partial charge in [-0.25, -0.2) is 9.97 Å². The van der Waals surface area contributed by atoms with E-state index in [0.29, 0.717) is 6.54 Å². The molecular formula is C12H14N4. The monoisotopic (exact) mass is 214 g/mol. The summed E-state index contributed by atoms with van der Waals surface area (Å²) in [6, 6.07) is 5.81. The molecule has 82 valence electrons. The van der Waals surface area contributed by atoms with Crippen LogP contribution in [0.3, 0.4) is 0 Å². The maximum absolute atomic E-state index is 4.31. The second-order valence-electron chi connectivity index (χ2n) is 3.54. The molecule has 2 aromatic rings. The molecule has 0 unspecified atom stereocenters. The minimum absolute atomic E-state index is 0.664. The van der Waals surface area contributed by atoms with Gasteiger partial charge in [-0.15, -0.1) is 0 Å². The van der Waals surface area contributed by atoms with Gasteiger partial charge in [0.15, 0.2) is 0 Å². The molecule has 0 spiro atoms. The number of nitrogens with one attached hydrogen (secondary N) is 1. The van der Waals surface area contributed by atoms with Gasteiger partial charge in [0.1, 0.15) is 5.82 Å². The van der Waals surface area contributed by atoms with Crippen molar-refractivity contribution in [2.75, 3.05) is 0 Å². The zero-order valence-corrected chi connectivity index (χ0v) is 9.22. The summed E-state index contributed by atoms with van der Waals surface area (Å²) in [4.78, 5) is 12.6. The highest BCUT2D eigenvalue weighted by molar-refractivity contribution is 5.17. The van der Waals surface area contributed by atoms with E-state index in [-0.39, 0.29) is 0 Å². The third-order valence-corrected chi connectivity index (χ3v) is 2.31. The maximum atomic E-state index is 4.31. The third-order valence-electron chi connectivity index (χ3n) is 2.31. The van der Waals surface area contributed by atoms with Gasteiger partial charge in [0.05, 0.1) is 12.2 Å². The smallest absolute Gasteiger partial charge is 0.141 e. The van der Waals surface area contributed by atoms with Crippen molar-refractivity contribution >= 4 is 0 Å². The summed E-state index contributed by atoms with van der Waals surface area (Å²) in [5.74, 6) is 0.802. The van der Waals surface area contributed by atoms with E-state index in [4.69, 9.17) is 0 Å². The van der Waals surface area contributed by atoms with Crippen molar-refractivity contribution < 1.29 is 0 Å². The van der Waals surface area contributed by atoms with E-state index in [2.05, 4.69) is 33.3 Å². The Hall–Kier alpha value is -1.81. The molecule has 0 saturated carbocycles. The molecule has 2 aromatic heterocycles. The van der Waals surface area contributed by atoms with Crippen LogP contribution in [0.4, 0.5) is 0 Å². The Morgan fingerprint density at radius 2 is 1.75 bits per heavy atom. The molecule has 0 aliphatic rings. The number of nitrogens with zero attached hydrogens (tertiary/aromatic N) is 3. The highest BCUT2D eigenvalue weighted by Gasteiger charge is 1.99. The van der Waals surface area contributed by atoms with Crippen molar-refractivity contribution in [2.24, 2.45) is 0 Å². The van der Waals surface area contributed by atoms with Gasteiger partial charge in [0.2, 0.25) is 0 Å².